The van der Waals surface area contributed by atoms with Crippen molar-refractivity contribution in [1.29, 1.82) is 0 Å². The molecular formula is C9H10N4S. The van der Waals surface area contributed by atoms with Gasteiger partial charge in [-0.15, -0.1) is 21.5 Å². The molecule has 0 atom stereocenters. The molecule has 0 saturated carbocycles. The van der Waals surface area contributed by atoms with E-state index in [-0.39, 0.29) is 0 Å². The molecule has 0 aliphatic carbocycles. The second-order valence-electron chi connectivity index (χ2n) is 3.25. The molecule has 0 saturated heterocycles. The van der Waals surface area contributed by atoms with Gasteiger partial charge in [-0.3, -0.25) is 0 Å². The first kappa shape index (κ1) is 8.14. The van der Waals surface area contributed by atoms with Crippen LogP contribution < -0.4 is 5.32 Å². The van der Waals surface area contributed by atoms with Crippen molar-refractivity contribution in [2.45, 2.75) is 13.1 Å². The fourth-order valence-electron chi connectivity index (χ4n) is 1.68. The molecule has 4 nitrogen and oxygen atoms in total. The average molecular weight is 206 g/mol. The van der Waals surface area contributed by atoms with Crippen molar-refractivity contribution in [1.82, 2.24) is 20.1 Å². The Morgan fingerprint density at radius 3 is 3.29 bits per heavy atom. The minimum absolute atomic E-state index is 0.832. The summed E-state index contributed by atoms with van der Waals surface area (Å²) in [7, 11) is 0. The highest BCUT2D eigenvalue weighted by molar-refractivity contribution is 7.13. The number of hydrogen-bond donors (Lipinski definition) is 1. The van der Waals surface area contributed by atoms with E-state index in [2.05, 4.69) is 31.5 Å². The summed E-state index contributed by atoms with van der Waals surface area (Å²) in [5.74, 6) is 2.05. The van der Waals surface area contributed by atoms with Gasteiger partial charge in [0, 0.05) is 13.1 Å². The highest BCUT2D eigenvalue weighted by atomic mass is 32.1. The van der Waals surface area contributed by atoms with Gasteiger partial charge in [-0.1, -0.05) is 6.07 Å². The van der Waals surface area contributed by atoms with Crippen LogP contribution >= 0.6 is 11.3 Å². The van der Waals surface area contributed by atoms with Gasteiger partial charge in [0.2, 0.25) is 0 Å². The van der Waals surface area contributed by atoms with E-state index in [9.17, 15) is 0 Å². The molecule has 0 fully saturated rings. The molecule has 3 rings (SSSR count). The fourth-order valence-corrected chi connectivity index (χ4v) is 2.40. The normalized spacial score (nSPS) is 15.4. The highest BCUT2D eigenvalue weighted by Crippen LogP contribution is 2.23. The molecule has 3 heterocycles. The summed E-state index contributed by atoms with van der Waals surface area (Å²) in [5, 5.41) is 13.7. The van der Waals surface area contributed by atoms with E-state index in [4.69, 9.17) is 0 Å². The zero-order valence-corrected chi connectivity index (χ0v) is 8.42. The lowest BCUT2D eigenvalue weighted by Gasteiger charge is -2.15. The van der Waals surface area contributed by atoms with Crippen molar-refractivity contribution >= 4 is 11.3 Å². The van der Waals surface area contributed by atoms with E-state index in [1.54, 1.807) is 11.3 Å². The quantitative estimate of drug-likeness (QED) is 0.760. The van der Waals surface area contributed by atoms with Crippen LogP contribution in [0, 0.1) is 0 Å². The first-order valence-electron chi connectivity index (χ1n) is 4.62. The molecule has 2 aromatic rings. The van der Waals surface area contributed by atoms with E-state index >= 15 is 0 Å². The van der Waals surface area contributed by atoms with E-state index in [1.165, 1.54) is 4.88 Å². The van der Waals surface area contributed by atoms with Crippen LogP contribution in [0.5, 0.6) is 0 Å². The fraction of sp³-hybridized carbons (Fsp3) is 0.333. The van der Waals surface area contributed by atoms with Crippen LogP contribution in [0.2, 0.25) is 0 Å². The Morgan fingerprint density at radius 2 is 2.43 bits per heavy atom. The van der Waals surface area contributed by atoms with Crippen LogP contribution in [-0.2, 0) is 13.1 Å². The molecule has 0 bridgehead atoms. The standard InChI is InChI=1S/C9H10N4S/c1-2-7(14-5-1)9-12-11-8-6-10-3-4-13(8)9/h1-2,5,10H,3-4,6H2. The number of aromatic nitrogens is 3. The van der Waals surface area contributed by atoms with Crippen molar-refractivity contribution in [3.8, 4) is 10.7 Å². The Morgan fingerprint density at radius 1 is 1.43 bits per heavy atom. The molecule has 1 N–H and O–H groups in total. The van der Waals surface area contributed by atoms with Crippen LogP contribution in [0.15, 0.2) is 17.5 Å². The number of fused-ring (bicyclic) bond motifs is 1. The molecule has 72 valence electrons. The Labute approximate surface area is 85.6 Å². The van der Waals surface area contributed by atoms with E-state index in [0.717, 1.165) is 31.3 Å². The molecule has 0 unspecified atom stereocenters. The van der Waals surface area contributed by atoms with Crippen molar-refractivity contribution in [3.05, 3.63) is 23.3 Å². The number of thiophene rings is 1. The summed E-state index contributed by atoms with van der Waals surface area (Å²) in [6.45, 7) is 2.80. The summed E-state index contributed by atoms with van der Waals surface area (Å²) < 4.78 is 2.20. The monoisotopic (exact) mass is 206 g/mol. The molecule has 0 radical (unpaired) electrons. The van der Waals surface area contributed by atoms with Gasteiger partial charge < -0.3 is 9.88 Å². The van der Waals surface area contributed by atoms with Gasteiger partial charge >= 0.3 is 0 Å². The molecule has 0 spiro atoms. The van der Waals surface area contributed by atoms with Crippen molar-refractivity contribution in [3.63, 3.8) is 0 Å². The van der Waals surface area contributed by atoms with Gasteiger partial charge in [0.1, 0.15) is 5.82 Å². The van der Waals surface area contributed by atoms with E-state index in [1.807, 2.05) is 6.07 Å². The van der Waals surface area contributed by atoms with E-state index in [0.29, 0.717) is 0 Å². The Kier molecular flexibility index (Phi) is 1.85. The van der Waals surface area contributed by atoms with Crippen LogP contribution in [0.3, 0.4) is 0 Å². The summed E-state index contributed by atoms with van der Waals surface area (Å²) in [6.07, 6.45) is 0. The number of nitrogens with one attached hydrogen (secondary N) is 1. The second kappa shape index (κ2) is 3.18. The SMILES string of the molecule is c1csc(-c2nnc3n2CCNC3)c1. The molecule has 0 aromatic carbocycles. The maximum Gasteiger partial charge on any atom is 0.174 e. The average Bonchev–Trinajstić information content (AvgIpc) is 2.85. The van der Waals surface area contributed by atoms with Gasteiger partial charge in [0.15, 0.2) is 5.82 Å². The zero-order valence-electron chi connectivity index (χ0n) is 7.60. The number of nitrogens with zero attached hydrogens (tertiary/aromatic N) is 3. The number of rotatable bonds is 1. The third-order valence-corrected chi connectivity index (χ3v) is 3.23. The number of hydrogen-bond acceptors (Lipinski definition) is 4. The second-order valence-corrected chi connectivity index (χ2v) is 4.19. The Bertz CT molecular complexity index is 432. The van der Waals surface area contributed by atoms with Gasteiger partial charge in [-0.25, -0.2) is 0 Å². The first-order chi connectivity index (χ1) is 6.95. The topological polar surface area (TPSA) is 42.7 Å². The zero-order chi connectivity index (χ0) is 9.38. The molecular weight excluding hydrogens is 196 g/mol. The van der Waals surface area contributed by atoms with Crippen molar-refractivity contribution < 1.29 is 0 Å². The van der Waals surface area contributed by atoms with Gasteiger partial charge in [-0.2, -0.15) is 0 Å². The molecule has 14 heavy (non-hydrogen) atoms. The van der Waals surface area contributed by atoms with Crippen LogP contribution in [0.4, 0.5) is 0 Å². The molecule has 5 heteroatoms. The minimum Gasteiger partial charge on any atom is -0.308 e. The lowest BCUT2D eigenvalue weighted by atomic mass is 10.4. The van der Waals surface area contributed by atoms with Gasteiger partial charge in [-0.05, 0) is 11.4 Å². The predicted molar refractivity (Wildman–Crippen MR) is 55.0 cm³/mol. The van der Waals surface area contributed by atoms with Gasteiger partial charge in [0.25, 0.3) is 0 Å². The van der Waals surface area contributed by atoms with Crippen molar-refractivity contribution in [2.75, 3.05) is 6.54 Å². The van der Waals surface area contributed by atoms with Crippen molar-refractivity contribution in [2.24, 2.45) is 0 Å². The molecule has 1 aliphatic heterocycles. The third-order valence-electron chi connectivity index (χ3n) is 2.36. The summed E-state index contributed by atoms with van der Waals surface area (Å²) >= 11 is 1.71. The maximum absolute atomic E-state index is 4.22. The molecule has 0 amide bonds. The summed E-state index contributed by atoms with van der Waals surface area (Å²) in [4.78, 5) is 1.20. The molecule has 2 aromatic heterocycles. The summed E-state index contributed by atoms with van der Waals surface area (Å²) in [5.41, 5.74) is 0. The third kappa shape index (κ3) is 1.17. The van der Waals surface area contributed by atoms with Crippen LogP contribution in [0.1, 0.15) is 5.82 Å². The lowest BCUT2D eigenvalue weighted by Crippen LogP contribution is -2.28. The smallest absolute Gasteiger partial charge is 0.174 e. The Balaban J connectivity index is 2.11. The Hall–Kier alpha value is -1.20. The lowest BCUT2D eigenvalue weighted by molar-refractivity contribution is 0.508. The maximum atomic E-state index is 4.22. The van der Waals surface area contributed by atoms with Gasteiger partial charge in [0.05, 0.1) is 11.4 Å². The highest BCUT2D eigenvalue weighted by Gasteiger charge is 2.16. The minimum atomic E-state index is 0.832. The summed E-state index contributed by atoms with van der Waals surface area (Å²) in [6, 6.07) is 4.13. The van der Waals surface area contributed by atoms with Crippen LogP contribution in [-0.4, -0.2) is 21.3 Å². The molecule has 1 aliphatic rings. The largest absolute Gasteiger partial charge is 0.308 e. The first-order valence-corrected chi connectivity index (χ1v) is 5.50. The van der Waals surface area contributed by atoms with Crippen LogP contribution in [0.25, 0.3) is 10.7 Å². The van der Waals surface area contributed by atoms with E-state index < -0.39 is 0 Å². The predicted octanol–water partition coefficient (Wildman–Crippen LogP) is 1.11.